The van der Waals surface area contributed by atoms with Crippen LogP contribution in [-0.2, 0) is 10.8 Å². The molecule has 1 N–H and O–H groups in total. The molecule has 0 aromatic heterocycles. The quantitative estimate of drug-likeness (QED) is 0.393. The molecule has 150 valence electrons. The smallest absolute Gasteiger partial charge is 0.134 e. The van der Waals surface area contributed by atoms with E-state index in [9.17, 15) is 5.11 Å². The third-order valence-electron chi connectivity index (χ3n) is 3.89. The highest BCUT2D eigenvalue weighted by Gasteiger charge is 2.20. The molecule has 0 heterocycles. The molecule has 0 saturated carbocycles. The van der Waals surface area contributed by atoms with Crippen LogP contribution in [-0.4, -0.2) is 12.2 Å². The fourth-order valence-electron chi connectivity index (χ4n) is 2.37. The molecule has 2 aromatic rings. The van der Waals surface area contributed by atoms with Crippen LogP contribution in [0.4, 0.5) is 0 Å². The number of benzene rings is 2. The average molecular weight is 541 g/mol. The number of methoxy groups -OCH3 is 1. The molecule has 0 radical (unpaired) electrons. The van der Waals surface area contributed by atoms with E-state index in [1.54, 1.807) is 13.2 Å². The molecule has 0 fully saturated rings. The van der Waals surface area contributed by atoms with Crippen molar-refractivity contribution >= 4 is 55.1 Å². The summed E-state index contributed by atoms with van der Waals surface area (Å²) in [4.78, 5) is 0. The summed E-state index contributed by atoms with van der Waals surface area (Å²) in [6.45, 7) is 12.6. The van der Waals surface area contributed by atoms with Crippen LogP contribution >= 0.6 is 55.1 Å². The van der Waals surface area contributed by atoms with Gasteiger partial charge in [0.1, 0.15) is 11.5 Å². The second kappa shape index (κ2) is 9.39. The van der Waals surface area contributed by atoms with Gasteiger partial charge in [-0.05, 0) is 72.0 Å². The number of phenolic OH excluding ortho intramolecular Hbond substituents is 1. The van der Waals surface area contributed by atoms with Gasteiger partial charge in [0.15, 0.2) is 0 Å². The first-order valence-corrected chi connectivity index (χ1v) is 10.7. The number of halogens is 4. The van der Waals surface area contributed by atoms with Crippen LogP contribution in [0.3, 0.4) is 0 Å². The minimum absolute atomic E-state index is 0.00664. The van der Waals surface area contributed by atoms with Gasteiger partial charge in [-0.1, -0.05) is 64.7 Å². The summed E-state index contributed by atoms with van der Waals surface area (Å²) in [5.41, 5.74) is 2.19. The van der Waals surface area contributed by atoms with Crippen LogP contribution in [0.25, 0.3) is 0 Å². The lowest BCUT2D eigenvalue weighted by atomic mass is 9.87. The van der Waals surface area contributed by atoms with Crippen molar-refractivity contribution in [1.29, 1.82) is 0 Å². The van der Waals surface area contributed by atoms with Gasteiger partial charge in [-0.2, -0.15) is 0 Å². The Labute approximate surface area is 189 Å². The van der Waals surface area contributed by atoms with Crippen molar-refractivity contribution in [2.45, 2.75) is 52.4 Å². The summed E-state index contributed by atoms with van der Waals surface area (Å²) in [5, 5.41) is 10.7. The van der Waals surface area contributed by atoms with Crippen LogP contribution in [0.1, 0.15) is 52.7 Å². The Bertz CT molecular complexity index is 807. The van der Waals surface area contributed by atoms with Gasteiger partial charge < -0.3 is 9.84 Å². The number of aromatic hydroxyl groups is 1. The standard InChI is InChI=1S/C11H14BrClO.C10H12BrClO/c1-11(2,3)7-5-8(12)10(14-4)6-9(7)13;1-10(2,3)6-4-7(11)9(13)5-8(6)12/h5-6H,1-4H3;4-5,13H,1-3H3. The first-order chi connectivity index (χ1) is 12.2. The molecule has 0 unspecified atom stereocenters. The summed E-state index contributed by atoms with van der Waals surface area (Å²) < 4.78 is 6.78. The third-order valence-corrected chi connectivity index (χ3v) is 5.77. The minimum atomic E-state index is -0.00664. The topological polar surface area (TPSA) is 29.5 Å². The maximum atomic E-state index is 9.36. The summed E-state index contributed by atoms with van der Waals surface area (Å²) >= 11 is 18.9. The van der Waals surface area contributed by atoms with Crippen LogP contribution in [0.5, 0.6) is 11.5 Å². The molecule has 0 aliphatic carbocycles. The van der Waals surface area contributed by atoms with Gasteiger partial charge in [0, 0.05) is 16.1 Å². The maximum Gasteiger partial charge on any atom is 0.134 e. The lowest BCUT2D eigenvalue weighted by Crippen LogP contribution is -2.11. The molecule has 0 amide bonds. The van der Waals surface area contributed by atoms with Crippen LogP contribution in [0.15, 0.2) is 33.2 Å². The highest BCUT2D eigenvalue weighted by molar-refractivity contribution is 9.10. The molecule has 0 bridgehead atoms. The Kier molecular flexibility index (Phi) is 8.56. The lowest BCUT2D eigenvalue weighted by Gasteiger charge is -2.21. The number of hydrogen-bond donors (Lipinski definition) is 1. The van der Waals surface area contributed by atoms with Gasteiger partial charge in [0.2, 0.25) is 0 Å². The molecular weight excluding hydrogens is 515 g/mol. The molecule has 0 saturated heterocycles. The number of ether oxygens (including phenoxy) is 1. The van der Waals surface area contributed by atoms with Crippen LogP contribution in [0, 0.1) is 0 Å². The van der Waals surface area contributed by atoms with Crippen molar-refractivity contribution in [1.82, 2.24) is 0 Å². The Morgan fingerprint density at radius 1 is 0.778 bits per heavy atom. The van der Waals surface area contributed by atoms with E-state index in [4.69, 9.17) is 27.9 Å². The Morgan fingerprint density at radius 2 is 1.19 bits per heavy atom. The van der Waals surface area contributed by atoms with Crippen molar-refractivity contribution in [3.8, 4) is 11.5 Å². The van der Waals surface area contributed by atoms with Gasteiger partial charge in [-0.3, -0.25) is 0 Å². The molecule has 2 aromatic carbocycles. The van der Waals surface area contributed by atoms with E-state index in [2.05, 4.69) is 73.4 Å². The van der Waals surface area contributed by atoms with Crippen LogP contribution in [0.2, 0.25) is 10.0 Å². The van der Waals surface area contributed by atoms with Gasteiger partial charge in [-0.25, -0.2) is 0 Å². The highest BCUT2D eigenvalue weighted by Crippen LogP contribution is 2.37. The predicted molar refractivity (Wildman–Crippen MR) is 124 cm³/mol. The first kappa shape index (κ1) is 24.6. The van der Waals surface area contributed by atoms with Crippen molar-refractivity contribution in [3.63, 3.8) is 0 Å². The Balaban J connectivity index is 0.000000271. The van der Waals surface area contributed by atoms with E-state index in [1.807, 2.05) is 18.2 Å². The number of hydrogen-bond acceptors (Lipinski definition) is 2. The van der Waals surface area contributed by atoms with Gasteiger partial charge in [0.25, 0.3) is 0 Å². The Hall–Kier alpha value is -0.420. The molecule has 2 nitrogen and oxygen atoms in total. The predicted octanol–water partition coefficient (Wildman–Crippen LogP) is 8.51. The van der Waals surface area contributed by atoms with Crippen molar-refractivity contribution in [2.75, 3.05) is 7.11 Å². The largest absolute Gasteiger partial charge is 0.507 e. The van der Waals surface area contributed by atoms with Gasteiger partial charge in [-0.15, -0.1) is 0 Å². The van der Waals surface area contributed by atoms with Crippen molar-refractivity contribution in [2.24, 2.45) is 0 Å². The SMILES string of the molecule is CC(C)(C)c1cc(Br)c(O)cc1Cl.COc1cc(Cl)c(C(C)(C)C)cc1Br. The summed E-state index contributed by atoms with van der Waals surface area (Å²) in [6.07, 6.45) is 0. The molecule has 0 aliphatic heterocycles. The second-order valence-electron chi connectivity index (χ2n) is 8.25. The van der Waals surface area contributed by atoms with Gasteiger partial charge in [0.05, 0.1) is 16.1 Å². The summed E-state index contributed by atoms with van der Waals surface area (Å²) in [5.74, 6) is 0.945. The van der Waals surface area contributed by atoms with E-state index in [0.717, 1.165) is 26.4 Å². The molecule has 0 spiro atoms. The van der Waals surface area contributed by atoms with Crippen molar-refractivity contribution in [3.05, 3.63) is 54.4 Å². The normalized spacial score (nSPS) is 11.7. The van der Waals surface area contributed by atoms with E-state index < -0.39 is 0 Å². The van der Waals surface area contributed by atoms with Gasteiger partial charge >= 0.3 is 0 Å². The second-order valence-corrected chi connectivity index (χ2v) is 10.8. The van der Waals surface area contributed by atoms with E-state index in [0.29, 0.717) is 9.50 Å². The zero-order valence-corrected chi connectivity index (χ0v) is 21.4. The lowest BCUT2D eigenvalue weighted by molar-refractivity contribution is 0.411. The van der Waals surface area contributed by atoms with Crippen LogP contribution < -0.4 is 4.74 Å². The van der Waals surface area contributed by atoms with E-state index in [-0.39, 0.29) is 16.6 Å². The Morgan fingerprint density at radius 3 is 1.59 bits per heavy atom. The fourth-order valence-corrected chi connectivity index (χ4v) is 4.10. The molecular formula is C21H26Br2Cl2O2. The molecule has 0 atom stereocenters. The zero-order chi connectivity index (χ0) is 21.2. The number of phenols is 1. The molecule has 27 heavy (non-hydrogen) atoms. The maximum absolute atomic E-state index is 9.36. The monoisotopic (exact) mass is 538 g/mol. The van der Waals surface area contributed by atoms with E-state index in [1.165, 1.54) is 0 Å². The summed E-state index contributed by atoms with van der Waals surface area (Å²) in [7, 11) is 1.63. The fraction of sp³-hybridized carbons (Fsp3) is 0.429. The number of rotatable bonds is 1. The third kappa shape index (κ3) is 6.85. The summed E-state index contributed by atoms with van der Waals surface area (Å²) in [6, 6.07) is 7.28. The highest BCUT2D eigenvalue weighted by atomic mass is 79.9. The molecule has 6 heteroatoms. The molecule has 2 rings (SSSR count). The van der Waals surface area contributed by atoms with Crippen molar-refractivity contribution < 1.29 is 9.84 Å². The first-order valence-electron chi connectivity index (χ1n) is 8.40. The average Bonchev–Trinajstić information content (AvgIpc) is 2.51. The zero-order valence-electron chi connectivity index (χ0n) is 16.7. The molecule has 0 aliphatic rings. The van der Waals surface area contributed by atoms with E-state index >= 15 is 0 Å². The minimum Gasteiger partial charge on any atom is -0.507 e.